The third-order valence-corrected chi connectivity index (χ3v) is 11.9. The monoisotopic (exact) mass is 692 g/mol. The fourth-order valence-electron chi connectivity index (χ4n) is 8.24. The van der Waals surface area contributed by atoms with Crippen molar-refractivity contribution in [3.63, 3.8) is 0 Å². The van der Waals surface area contributed by atoms with Gasteiger partial charge in [-0.15, -0.1) is 11.3 Å². The number of anilines is 3. The van der Waals surface area contributed by atoms with Crippen LogP contribution in [-0.4, -0.2) is 4.57 Å². The van der Waals surface area contributed by atoms with Gasteiger partial charge >= 0.3 is 0 Å². The van der Waals surface area contributed by atoms with E-state index in [1.807, 2.05) is 11.3 Å². The number of thiophene rings is 1. The van der Waals surface area contributed by atoms with Gasteiger partial charge in [0.1, 0.15) is 0 Å². The molecule has 0 radical (unpaired) electrons. The van der Waals surface area contributed by atoms with Gasteiger partial charge in [0, 0.05) is 53.7 Å². The summed E-state index contributed by atoms with van der Waals surface area (Å²) in [4.78, 5) is 2.40. The van der Waals surface area contributed by atoms with Crippen LogP contribution in [0.4, 0.5) is 17.1 Å². The zero-order valence-corrected chi connectivity index (χ0v) is 29.6. The molecule has 0 unspecified atom stereocenters. The number of nitrogens with zero attached hydrogens (tertiary/aromatic N) is 2. The van der Waals surface area contributed by atoms with Crippen molar-refractivity contribution in [3.05, 3.63) is 194 Å². The second-order valence-corrected chi connectivity index (χ2v) is 14.9. The van der Waals surface area contributed by atoms with Crippen LogP contribution < -0.4 is 4.90 Å². The molecule has 9 aromatic carbocycles. The number of hydrogen-bond donors (Lipinski definition) is 0. The first-order chi connectivity index (χ1) is 26.3. The van der Waals surface area contributed by atoms with E-state index in [1.165, 1.54) is 74.6 Å². The van der Waals surface area contributed by atoms with E-state index in [-0.39, 0.29) is 0 Å². The minimum absolute atomic E-state index is 1.11. The SMILES string of the molecule is c1ccc(-c2ccc(N(c3ccc4ccccc4c3)c3ccc4c(c3)c3cc5c(ccc6sc7ccccc7c65)cc3n4-c3ccccc3)cc2)cc1. The van der Waals surface area contributed by atoms with E-state index in [4.69, 9.17) is 0 Å². The average molecular weight is 693 g/mol. The summed E-state index contributed by atoms with van der Waals surface area (Å²) in [6.07, 6.45) is 0. The van der Waals surface area contributed by atoms with Crippen LogP contribution in [-0.2, 0) is 0 Å². The van der Waals surface area contributed by atoms with Crippen molar-refractivity contribution < 1.29 is 0 Å². The van der Waals surface area contributed by atoms with Gasteiger partial charge in [0.2, 0.25) is 0 Å². The Morgan fingerprint density at radius 2 is 1.00 bits per heavy atom. The van der Waals surface area contributed by atoms with Gasteiger partial charge in [0.05, 0.1) is 11.0 Å². The van der Waals surface area contributed by atoms with E-state index in [0.29, 0.717) is 0 Å². The maximum absolute atomic E-state index is 2.45. The van der Waals surface area contributed by atoms with Crippen LogP contribution in [0, 0.1) is 0 Å². The first-order valence-corrected chi connectivity index (χ1v) is 18.9. The fraction of sp³-hybridized carbons (Fsp3) is 0. The molecule has 0 amide bonds. The van der Waals surface area contributed by atoms with E-state index in [0.717, 1.165) is 22.7 Å². The lowest BCUT2D eigenvalue weighted by molar-refractivity contribution is 1.18. The van der Waals surface area contributed by atoms with Gasteiger partial charge in [-0.3, -0.25) is 0 Å². The Hall–Kier alpha value is -6.68. The molecule has 53 heavy (non-hydrogen) atoms. The lowest BCUT2D eigenvalue weighted by Gasteiger charge is -2.26. The van der Waals surface area contributed by atoms with Crippen molar-refractivity contribution in [2.45, 2.75) is 0 Å². The Morgan fingerprint density at radius 1 is 0.358 bits per heavy atom. The molecule has 11 aromatic rings. The lowest BCUT2D eigenvalue weighted by Crippen LogP contribution is -2.10. The molecular weight excluding hydrogens is 661 g/mol. The van der Waals surface area contributed by atoms with Gasteiger partial charge in [0.25, 0.3) is 0 Å². The molecule has 11 rings (SSSR count). The molecule has 0 aliphatic carbocycles. The fourth-order valence-corrected chi connectivity index (χ4v) is 9.36. The molecule has 0 aliphatic rings. The Bertz CT molecular complexity index is 3160. The smallest absolute Gasteiger partial charge is 0.0547 e. The maximum Gasteiger partial charge on any atom is 0.0547 e. The molecule has 0 saturated carbocycles. The van der Waals surface area contributed by atoms with E-state index in [1.54, 1.807) is 0 Å². The van der Waals surface area contributed by atoms with E-state index in [2.05, 4.69) is 204 Å². The minimum Gasteiger partial charge on any atom is -0.310 e. The second-order valence-electron chi connectivity index (χ2n) is 13.8. The molecule has 0 N–H and O–H groups in total. The Morgan fingerprint density at radius 3 is 1.85 bits per heavy atom. The normalized spacial score (nSPS) is 11.8. The van der Waals surface area contributed by atoms with Gasteiger partial charge in [-0.25, -0.2) is 0 Å². The molecule has 0 spiro atoms. The summed E-state index contributed by atoms with van der Waals surface area (Å²) in [5.41, 5.74) is 9.33. The number of fused-ring (bicyclic) bond motifs is 9. The van der Waals surface area contributed by atoms with Crippen LogP contribution >= 0.6 is 11.3 Å². The van der Waals surface area contributed by atoms with Crippen LogP contribution in [0.15, 0.2) is 194 Å². The predicted octanol–water partition coefficient (Wildman–Crippen LogP) is 14.6. The van der Waals surface area contributed by atoms with Crippen molar-refractivity contribution in [1.82, 2.24) is 4.57 Å². The molecule has 2 aromatic heterocycles. The molecule has 3 heteroatoms. The average Bonchev–Trinajstić information content (AvgIpc) is 3.76. The molecule has 0 bridgehead atoms. The topological polar surface area (TPSA) is 8.17 Å². The summed E-state index contributed by atoms with van der Waals surface area (Å²) >= 11 is 1.88. The molecule has 0 atom stereocenters. The van der Waals surface area contributed by atoms with Gasteiger partial charge < -0.3 is 9.47 Å². The first-order valence-electron chi connectivity index (χ1n) is 18.1. The summed E-state index contributed by atoms with van der Waals surface area (Å²) in [6.45, 7) is 0. The minimum atomic E-state index is 1.11. The van der Waals surface area contributed by atoms with Gasteiger partial charge in [-0.05, 0) is 112 Å². The van der Waals surface area contributed by atoms with Gasteiger partial charge in [-0.1, -0.05) is 115 Å². The first kappa shape index (κ1) is 30.0. The molecular formula is C50H32N2S. The Kier molecular flexibility index (Phi) is 6.76. The van der Waals surface area contributed by atoms with Gasteiger partial charge in [-0.2, -0.15) is 0 Å². The molecule has 0 saturated heterocycles. The maximum atomic E-state index is 2.45. The highest BCUT2D eigenvalue weighted by atomic mass is 32.1. The molecule has 0 aliphatic heterocycles. The third-order valence-electron chi connectivity index (χ3n) is 10.7. The van der Waals surface area contributed by atoms with Crippen LogP contribution in [0.3, 0.4) is 0 Å². The number of hydrogen-bond acceptors (Lipinski definition) is 2. The van der Waals surface area contributed by atoms with Crippen LogP contribution in [0.5, 0.6) is 0 Å². The standard InChI is InChI=1S/C50H32N2S/c1-3-11-33(12-4-1)35-19-23-39(24-20-35)51(40-25-21-34-13-7-8-14-36(34)29-40)41-26-27-46-44(31-41)45-32-43-37(30-47(45)52(46)38-15-5-2-6-16-38)22-28-49-50(43)42-17-9-10-18-48(42)53-49/h1-32H. The molecule has 2 heterocycles. The van der Waals surface area contributed by atoms with E-state index < -0.39 is 0 Å². The molecule has 0 fully saturated rings. The van der Waals surface area contributed by atoms with E-state index in [9.17, 15) is 0 Å². The van der Waals surface area contributed by atoms with Crippen molar-refractivity contribution >= 4 is 91.9 Å². The zero-order valence-electron chi connectivity index (χ0n) is 28.8. The van der Waals surface area contributed by atoms with Crippen LogP contribution in [0.2, 0.25) is 0 Å². The summed E-state index contributed by atoms with van der Waals surface area (Å²) in [5.74, 6) is 0. The quantitative estimate of drug-likeness (QED) is 0.174. The van der Waals surface area contributed by atoms with Crippen molar-refractivity contribution in [1.29, 1.82) is 0 Å². The van der Waals surface area contributed by atoms with Gasteiger partial charge in [0.15, 0.2) is 0 Å². The van der Waals surface area contributed by atoms with E-state index >= 15 is 0 Å². The number of rotatable bonds is 5. The number of benzene rings is 9. The summed E-state index contributed by atoms with van der Waals surface area (Å²) in [7, 11) is 0. The van der Waals surface area contributed by atoms with Crippen molar-refractivity contribution in [3.8, 4) is 16.8 Å². The predicted molar refractivity (Wildman–Crippen MR) is 229 cm³/mol. The number of aromatic nitrogens is 1. The zero-order chi connectivity index (χ0) is 34.9. The molecule has 2 nitrogen and oxygen atoms in total. The summed E-state index contributed by atoms with van der Waals surface area (Å²) in [6, 6.07) is 71.0. The third kappa shape index (κ3) is 4.86. The summed E-state index contributed by atoms with van der Waals surface area (Å²) < 4.78 is 5.08. The Balaban J connectivity index is 1.18. The number of para-hydroxylation sites is 1. The van der Waals surface area contributed by atoms with Crippen LogP contribution in [0.25, 0.3) is 80.3 Å². The van der Waals surface area contributed by atoms with Crippen molar-refractivity contribution in [2.24, 2.45) is 0 Å². The lowest BCUT2D eigenvalue weighted by atomic mass is 10.0. The summed E-state index contributed by atoms with van der Waals surface area (Å²) in [5, 5.41) is 10.2. The van der Waals surface area contributed by atoms with Crippen LogP contribution in [0.1, 0.15) is 0 Å². The second kappa shape index (κ2) is 11.9. The largest absolute Gasteiger partial charge is 0.310 e. The Labute approximate surface area is 311 Å². The highest BCUT2D eigenvalue weighted by molar-refractivity contribution is 7.26. The highest BCUT2D eigenvalue weighted by Crippen LogP contribution is 2.44. The van der Waals surface area contributed by atoms with Crippen molar-refractivity contribution in [2.75, 3.05) is 4.90 Å². The molecule has 248 valence electrons. The highest BCUT2D eigenvalue weighted by Gasteiger charge is 2.20.